The molecule has 4 heterocycles. The number of likely N-dealkylation sites (N-methyl/N-ethyl adjacent to an activating group) is 1. The van der Waals surface area contributed by atoms with Gasteiger partial charge in [-0.05, 0) is 69.6 Å². The van der Waals surface area contributed by atoms with Crippen molar-refractivity contribution in [1.29, 1.82) is 0 Å². The molecule has 5 rings (SSSR count). The topological polar surface area (TPSA) is 95.4 Å². The summed E-state index contributed by atoms with van der Waals surface area (Å²) in [6, 6.07) is 8.42. The summed E-state index contributed by atoms with van der Waals surface area (Å²) in [5.74, 6) is 2.78. The molecule has 41 heavy (non-hydrogen) atoms. The number of piperazine rings is 1. The molecule has 10 nitrogen and oxygen atoms in total. The van der Waals surface area contributed by atoms with Crippen molar-refractivity contribution in [3.8, 4) is 5.75 Å². The van der Waals surface area contributed by atoms with Gasteiger partial charge in [-0.3, -0.25) is 0 Å². The molecule has 214 valence electrons. The Morgan fingerprint density at radius 2 is 1.71 bits per heavy atom. The van der Waals surface area contributed by atoms with Crippen LogP contribution in [0.25, 0.3) is 0 Å². The number of hydrogen-bond donors (Lipinski definition) is 1. The highest BCUT2D eigenvalue weighted by Gasteiger charge is 2.22. The Morgan fingerprint density at radius 1 is 0.976 bits per heavy atom. The maximum Gasteiger partial charge on any atom is 0.231 e. The van der Waals surface area contributed by atoms with Crippen molar-refractivity contribution < 1.29 is 4.74 Å². The van der Waals surface area contributed by atoms with Crippen molar-refractivity contribution in [2.45, 2.75) is 32.2 Å². The van der Waals surface area contributed by atoms with Crippen LogP contribution in [0.4, 0.5) is 23.5 Å². The van der Waals surface area contributed by atoms with Crippen LogP contribution in [0.3, 0.4) is 0 Å². The van der Waals surface area contributed by atoms with Crippen molar-refractivity contribution in [3.63, 3.8) is 0 Å². The van der Waals surface area contributed by atoms with Gasteiger partial charge in [0.15, 0.2) is 0 Å². The molecular weight excluding hydrogens is 514 g/mol. The number of ether oxygens (including phenoxy) is 1. The van der Waals surface area contributed by atoms with Gasteiger partial charge < -0.3 is 24.8 Å². The van der Waals surface area contributed by atoms with E-state index in [4.69, 9.17) is 4.74 Å². The Balaban J connectivity index is 1.10. The maximum absolute atomic E-state index is 6.00. The lowest BCUT2D eigenvalue weighted by molar-refractivity contribution is 0.198. The minimum Gasteiger partial charge on any atom is -0.492 e. The third kappa shape index (κ3) is 7.88. The highest BCUT2D eigenvalue weighted by atomic mass is 16.5. The van der Waals surface area contributed by atoms with E-state index in [9.17, 15) is 0 Å². The van der Waals surface area contributed by atoms with Crippen molar-refractivity contribution in [2.75, 3.05) is 61.5 Å². The molecule has 0 amide bonds. The first-order valence-corrected chi connectivity index (χ1v) is 14.2. The van der Waals surface area contributed by atoms with E-state index in [1.165, 1.54) is 12.8 Å². The second-order valence-electron chi connectivity index (χ2n) is 10.4. The number of allylic oxidation sites excluding steroid dienone is 5. The van der Waals surface area contributed by atoms with Crippen molar-refractivity contribution in [1.82, 2.24) is 29.8 Å². The highest BCUT2D eigenvalue weighted by Crippen LogP contribution is 2.22. The molecule has 0 bridgehead atoms. The van der Waals surface area contributed by atoms with Crippen LogP contribution in [0.1, 0.15) is 25.3 Å². The molecule has 2 aliphatic heterocycles. The zero-order chi connectivity index (χ0) is 28.4. The summed E-state index contributed by atoms with van der Waals surface area (Å²) in [6.45, 7) is 11.1. The Bertz CT molecular complexity index is 1330. The van der Waals surface area contributed by atoms with E-state index in [1.54, 1.807) is 6.33 Å². The van der Waals surface area contributed by atoms with Crippen LogP contribution in [0.2, 0.25) is 0 Å². The molecule has 2 saturated heterocycles. The highest BCUT2D eigenvalue weighted by molar-refractivity contribution is 5.55. The molecule has 10 heteroatoms. The van der Waals surface area contributed by atoms with E-state index < -0.39 is 0 Å². The van der Waals surface area contributed by atoms with Crippen LogP contribution in [0.5, 0.6) is 5.75 Å². The average Bonchev–Trinajstić information content (AvgIpc) is 3.42. The van der Waals surface area contributed by atoms with Gasteiger partial charge in [0.05, 0.1) is 0 Å². The molecule has 0 saturated carbocycles. The Hall–Kier alpha value is -4.31. The Labute approximate surface area is 242 Å². The number of nitrogens with one attached hydrogen (secondary N) is 1. The second kappa shape index (κ2) is 13.8. The van der Waals surface area contributed by atoms with Gasteiger partial charge in [-0.15, -0.1) is 0 Å². The molecule has 1 atom stereocenters. The van der Waals surface area contributed by atoms with E-state index in [0.29, 0.717) is 17.9 Å². The van der Waals surface area contributed by atoms with Crippen LogP contribution in [-0.4, -0.2) is 82.2 Å². The minimum absolute atomic E-state index is 0.498. The molecular formula is C31H39N9O. The number of aromatic nitrogens is 5. The van der Waals surface area contributed by atoms with Gasteiger partial charge in [-0.1, -0.05) is 36.5 Å². The average molecular weight is 554 g/mol. The van der Waals surface area contributed by atoms with Crippen LogP contribution < -0.4 is 19.9 Å². The van der Waals surface area contributed by atoms with E-state index in [1.807, 2.05) is 67.9 Å². The lowest BCUT2D eigenvalue weighted by Gasteiger charge is -2.34. The Kier molecular flexibility index (Phi) is 9.53. The van der Waals surface area contributed by atoms with Gasteiger partial charge >= 0.3 is 0 Å². The van der Waals surface area contributed by atoms with Gasteiger partial charge in [0.1, 0.15) is 18.7 Å². The molecule has 3 aromatic rings. The number of anilines is 4. The quantitative estimate of drug-likeness (QED) is 0.344. The molecule has 2 aromatic heterocycles. The summed E-state index contributed by atoms with van der Waals surface area (Å²) in [7, 11) is 2.16. The number of rotatable bonds is 11. The standard InChI is InChI=1S/C31H39N9O/c1-4-5-6-8-24(2)19-25-20-32-30(33-21-25)39-15-17-40(18-16-39)31-35-23-34-29(37-31)36-26-10-12-28(13-11-26)41-22-27-9-7-14-38(27)3/h4-6,8,10-13,20-21,23,27H,2,7,9,14-19,22H2,1,3H3,(H,34,35,36,37)/b5-4-,8-6-/t27-/m0/s1. The first-order valence-electron chi connectivity index (χ1n) is 14.2. The zero-order valence-corrected chi connectivity index (χ0v) is 24.0. The largest absolute Gasteiger partial charge is 0.492 e. The number of likely N-dealkylation sites (tertiary alicyclic amines) is 1. The van der Waals surface area contributed by atoms with Crippen LogP contribution >= 0.6 is 0 Å². The van der Waals surface area contributed by atoms with Crippen LogP contribution in [0, 0.1) is 0 Å². The molecule has 0 radical (unpaired) electrons. The fourth-order valence-electron chi connectivity index (χ4n) is 4.98. The zero-order valence-electron chi connectivity index (χ0n) is 24.0. The lowest BCUT2D eigenvalue weighted by atomic mass is 10.1. The SMILES string of the molecule is C=C(/C=C\C=C/C)Cc1cnc(N2CCN(c3ncnc(Nc4ccc(OC[C@@H]5CCCN5C)cc4)n3)CC2)nc1. The molecule has 1 N–H and O–H groups in total. The van der Waals surface area contributed by atoms with Gasteiger partial charge in [-0.25, -0.2) is 19.9 Å². The van der Waals surface area contributed by atoms with Crippen molar-refractivity contribution in [2.24, 2.45) is 0 Å². The summed E-state index contributed by atoms with van der Waals surface area (Å²) >= 11 is 0. The summed E-state index contributed by atoms with van der Waals surface area (Å²) in [4.78, 5) is 29.3. The van der Waals surface area contributed by atoms with Gasteiger partial charge in [0.2, 0.25) is 17.8 Å². The summed E-state index contributed by atoms with van der Waals surface area (Å²) < 4.78 is 6.00. The van der Waals surface area contributed by atoms with Gasteiger partial charge in [0, 0.05) is 50.3 Å². The van der Waals surface area contributed by atoms with E-state index in [2.05, 4.69) is 58.6 Å². The molecule has 1 aromatic carbocycles. The normalized spacial score (nSPS) is 18.0. The summed E-state index contributed by atoms with van der Waals surface area (Å²) in [5.41, 5.74) is 2.97. The fraction of sp³-hybridized carbons (Fsp3) is 0.387. The predicted molar refractivity (Wildman–Crippen MR) is 164 cm³/mol. The van der Waals surface area contributed by atoms with Gasteiger partial charge in [-0.2, -0.15) is 4.98 Å². The minimum atomic E-state index is 0.498. The molecule has 2 fully saturated rings. The first kappa shape index (κ1) is 28.2. The maximum atomic E-state index is 6.00. The van der Waals surface area contributed by atoms with E-state index >= 15 is 0 Å². The third-order valence-corrected chi connectivity index (χ3v) is 7.39. The molecule has 2 aliphatic rings. The summed E-state index contributed by atoms with van der Waals surface area (Å²) in [5, 5.41) is 3.29. The molecule has 0 aliphatic carbocycles. The van der Waals surface area contributed by atoms with Crippen molar-refractivity contribution in [3.05, 3.63) is 85.0 Å². The summed E-state index contributed by atoms with van der Waals surface area (Å²) in [6.07, 6.45) is 16.5. The number of benzene rings is 1. The second-order valence-corrected chi connectivity index (χ2v) is 10.4. The number of nitrogens with zero attached hydrogens (tertiary/aromatic N) is 8. The monoisotopic (exact) mass is 553 g/mol. The first-order chi connectivity index (χ1) is 20.1. The molecule has 0 unspecified atom stereocenters. The van der Waals surface area contributed by atoms with Crippen LogP contribution in [0.15, 0.2) is 79.4 Å². The third-order valence-electron chi connectivity index (χ3n) is 7.39. The van der Waals surface area contributed by atoms with Crippen molar-refractivity contribution >= 4 is 23.5 Å². The Morgan fingerprint density at radius 3 is 2.39 bits per heavy atom. The smallest absolute Gasteiger partial charge is 0.231 e. The van der Waals surface area contributed by atoms with Gasteiger partial charge in [0.25, 0.3) is 0 Å². The lowest BCUT2D eigenvalue weighted by Crippen LogP contribution is -2.47. The van der Waals surface area contributed by atoms with Crippen LogP contribution in [-0.2, 0) is 6.42 Å². The number of hydrogen-bond acceptors (Lipinski definition) is 10. The molecule has 0 spiro atoms. The van der Waals surface area contributed by atoms with E-state index in [0.717, 1.165) is 74.3 Å². The fourth-order valence-corrected chi connectivity index (χ4v) is 4.98. The predicted octanol–water partition coefficient (Wildman–Crippen LogP) is 4.44. The van der Waals surface area contributed by atoms with E-state index in [-0.39, 0.29) is 0 Å².